The number of hydrogen-bond acceptors (Lipinski definition) is 6. The number of thiophene rings is 1. The van der Waals surface area contributed by atoms with Crippen molar-refractivity contribution in [2.45, 2.75) is 50.1 Å². The number of nitrogen functional groups attached to an aromatic ring is 1. The Balaban J connectivity index is 1.47. The summed E-state index contributed by atoms with van der Waals surface area (Å²) in [5, 5.41) is 4.27. The van der Waals surface area contributed by atoms with Crippen LogP contribution in [0.3, 0.4) is 0 Å². The van der Waals surface area contributed by atoms with Gasteiger partial charge in [-0.15, -0.1) is 11.3 Å². The maximum absolute atomic E-state index is 12.4. The van der Waals surface area contributed by atoms with Gasteiger partial charge < -0.3 is 11.1 Å². The molecule has 1 aliphatic carbocycles. The molecule has 0 spiro atoms. The van der Waals surface area contributed by atoms with Crippen LogP contribution in [0, 0.1) is 5.92 Å². The van der Waals surface area contributed by atoms with E-state index >= 15 is 0 Å². The molecule has 28 heavy (non-hydrogen) atoms. The van der Waals surface area contributed by atoms with E-state index in [0.717, 1.165) is 28.6 Å². The minimum atomic E-state index is -0.296. The lowest BCUT2D eigenvalue weighted by molar-refractivity contribution is -0.120. The minimum Gasteiger partial charge on any atom is -0.383 e. The maximum atomic E-state index is 12.4. The quantitative estimate of drug-likeness (QED) is 0.485. The Kier molecular flexibility index (Phi) is 5.55. The molecule has 2 unspecified atom stereocenters. The summed E-state index contributed by atoms with van der Waals surface area (Å²) in [4.78, 5) is 24.0. The molecule has 4 rings (SSSR count). The van der Waals surface area contributed by atoms with Crippen molar-refractivity contribution in [1.82, 2.24) is 15.3 Å². The third-order valence-electron chi connectivity index (χ3n) is 5.12. The molecule has 3 N–H and O–H groups in total. The number of hydrogen-bond donors (Lipinski definition) is 2. The first kappa shape index (κ1) is 19.2. The van der Waals surface area contributed by atoms with E-state index < -0.39 is 0 Å². The van der Waals surface area contributed by atoms with E-state index in [-0.39, 0.29) is 11.2 Å². The number of nitrogens with one attached hydrogen (secondary N) is 1. The number of nitrogens with zero attached hydrogens (tertiary/aromatic N) is 2. The summed E-state index contributed by atoms with van der Waals surface area (Å²) >= 11 is 3.08. The van der Waals surface area contributed by atoms with Gasteiger partial charge in [-0.25, -0.2) is 9.97 Å². The lowest BCUT2D eigenvalue weighted by atomic mass is 9.89. The van der Waals surface area contributed by atoms with Crippen LogP contribution in [0.25, 0.3) is 10.2 Å². The first-order valence-electron chi connectivity index (χ1n) is 9.57. The number of anilines is 1. The zero-order valence-electron chi connectivity index (χ0n) is 16.1. The summed E-state index contributed by atoms with van der Waals surface area (Å²) in [6, 6.07) is 9.88. The Hall–Kier alpha value is -2.12. The number of nitrogens with two attached hydrogens (primary N) is 1. The van der Waals surface area contributed by atoms with Crippen LogP contribution in [0.4, 0.5) is 5.82 Å². The highest BCUT2D eigenvalue weighted by molar-refractivity contribution is 8.00. The van der Waals surface area contributed by atoms with Gasteiger partial charge in [0, 0.05) is 11.4 Å². The smallest absolute Gasteiger partial charge is 0.233 e. The van der Waals surface area contributed by atoms with E-state index in [1.807, 2.05) is 37.3 Å². The van der Waals surface area contributed by atoms with Crippen molar-refractivity contribution >= 4 is 45.0 Å². The highest BCUT2D eigenvalue weighted by Crippen LogP contribution is 2.40. The van der Waals surface area contributed by atoms with Gasteiger partial charge in [0.1, 0.15) is 10.6 Å². The molecule has 0 saturated heterocycles. The summed E-state index contributed by atoms with van der Waals surface area (Å²) in [5.74, 6) is 1.21. The van der Waals surface area contributed by atoms with Crippen LogP contribution in [-0.4, -0.2) is 21.1 Å². The number of benzene rings is 1. The van der Waals surface area contributed by atoms with E-state index in [9.17, 15) is 4.79 Å². The lowest BCUT2D eigenvalue weighted by Crippen LogP contribution is -2.30. The molecule has 0 aliphatic heterocycles. The predicted molar refractivity (Wildman–Crippen MR) is 117 cm³/mol. The number of rotatable bonds is 5. The van der Waals surface area contributed by atoms with Crippen LogP contribution < -0.4 is 11.1 Å². The Labute approximate surface area is 173 Å². The van der Waals surface area contributed by atoms with E-state index in [1.165, 1.54) is 28.6 Å². The number of aryl methyl sites for hydroxylation is 1. The topological polar surface area (TPSA) is 80.9 Å². The maximum Gasteiger partial charge on any atom is 0.233 e. The minimum absolute atomic E-state index is 0.0320. The molecule has 3 aromatic rings. The number of fused-ring (bicyclic) bond motifs is 3. The van der Waals surface area contributed by atoms with Crippen molar-refractivity contribution in [1.29, 1.82) is 0 Å². The Morgan fingerprint density at radius 1 is 1.36 bits per heavy atom. The summed E-state index contributed by atoms with van der Waals surface area (Å²) in [7, 11) is 0. The number of carbonyl (C=O) groups excluding carboxylic acids is 1. The molecule has 0 bridgehead atoms. The van der Waals surface area contributed by atoms with Gasteiger partial charge in [0.25, 0.3) is 0 Å². The summed E-state index contributed by atoms with van der Waals surface area (Å²) in [5.41, 5.74) is 8.70. The molecule has 1 amide bonds. The van der Waals surface area contributed by atoms with Crippen LogP contribution in [-0.2, 0) is 24.2 Å². The third-order valence-corrected chi connectivity index (χ3v) is 7.23. The number of amides is 1. The fourth-order valence-electron chi connectivity index (χ4n) is 3.54. The van der Waals surface area contributed by atoms with Gasteiger partial charge in [-0.1, -0.05) is 49.0 Å². The fourth-order valence-corrected chi connectivity index (χ4v) is 5.79. The van der Waals surface area contributed by atoms with Crippen molar-refractivity contribution in [3.63, 3.8) is 0 Å². The molecule has 2 heterocycles. The van der Waals surface area contributed by atoms with E-state index in [0.29, 0.717) is 23.4 Å². The molecule has 0 fully saturated rings. The van der Waals surface area contributed by atoms with Gasteiger partial charge in [-0.05, 0) is 43.2 Å². The number of carbonyl (C=O) groups is 1. The second kappa shape index (κ2) is 8.09. The molecule has 1 aromatic carbocycles. The zero-order valence-corrected chi connectivity index (χ0v) is 17.7. The average Bonchev–Trinajstić information content (AvgIpc) is 3.04. The van der Waals surface area contributed by atoms with Crippen molar-refractivity contribution in [2.75, 3.05) is 5.73 Å². The normalized spacial score (nSPS) is 17.3. The van der Waals surface area contributed by atoms with Gasteiger partial charge in [-0.3, -0.25) is 4.79 Å². The van der Waals surface area contributed by atoms with Gasteiger partial charge in [-0.2, -0.15) is 0 Å². The Morgan fingerprint density at radius 3 is 2.93 bits per heavy atom. The second-order valence-electron chi connectivity index (χ2n) is 7.39. The van der Waals surface area contributed by atoms with Gasteiger partial charge >= 0.3 is 0 Å². The monoisotopic (exact) mass is 412 g/mol. The van der Waals surface area contributed by atoms with Crippen LogP contribution in [0.5, 0.6) is 0 Å². The molecule has 2 atom stereocenters. The standard InChI is InChI=1S/C21H24N4OS2/c1-12-8-9-15-16(10-12)28-20-17(15)18(22)24-21(25-20)27-13(2)19(26)23-11-14-6-4-3-5-7-14/h3-7,12-13H,8-11H2,1-2H3,(H,23,26)(H2,22,24,25). The molecule has 2 aromatic heterocycles. The molecule has 5 nitrogen and oxygen atoms in total. The van der Waals surface area contributed by atoms with E-state index in [4.69, 9.17) is 10.7 Å². The van der Waals surface area contributed by atoms with E-state index in [1.54, 1.807) is 11.3 Å². The lowest BCUT2D eigenvalue weighted by Gasteiger charge is -2.17. The Bertz CT molecular complexity index is 1000. The molecular weight excluding hydrogens is 388 g/mol. The van der Waals surface area contributed by atoms with Crippen LogP contribution >= 0.6 is 23.1 Å². The van der Waals surface area contributed by atoms with Gasteiger partial charge in [0.2, 0.25) is 5.91 Å². The largest absolute Gasteiger partial charge is 0.383 e. The Morgan fingerprint density at radius 2 is 2.14 bits per heavy atom. The highest BCUT2D eigenvalue weighted by atomic mass is 32.2. The summed E-state index contributed by atoms with van der Waals surface area (Å²) in [6.07, 6.45) is 3.33. The molecule has 146 valence electrons. The summed E-state index contributed by atoms with van der Waals surface area (Å²) < 4.78 is 0. The molecule has 0 radical (unpaired) electrons. The molecule has 7 heteroatoms. The van der Waals surface area contributed by atoms with Crippen molar-refractivity contribution in [2.24, 2.45) is 5.92 Å². The van der Waals surface area contributed by atoms with E-state index in [2.05, 4.69) is 17.2 Å². The first-order valence-corrected chi connectivity index (χ1v) is 11.3. The van der Waals surface area contributed by atoms with Crippen molar-refractivity contribution in [3.8, 4) is 0 Å². The fraction of sp³-hybridized carbons (Fsp3) is 0.381. The van der Waals surface area contributed by atoms with Crippen molar-refractivity contribution in [3.05, 3.63) is 46.3 Å². The second-order valence-corrected chi connectivity index (χ2v) is 9.78. The van der Waals surface area contributed by atoms with Crippen molar-refractivity contribution < 1.29 is 4.79 Å². The van der Waals surface area contributed by atoms with Crippen LogP contribution in [0.2, 0.25) is 0 Å². The average molecular weight is 413 g/mol. The SMILES string of the molecule is CC1CCc2c(sc3nc(SC(C)C(=O)NCc4ccccc4)nc(N)c23)C1. The molecular formula is C21H24N4OS2. The highest BCUT2D eigenvalue weighted by Gasteiger charge is 2.24. The zero-order chi connectivity index (χ0) is 19.7. The predicted octanol–water partition coefficient (Wildman–Crippen LogP) is 4.20. The van der Waals surface area contributed by atoms with Crippen LogP contribution in [0.15, 0.2) is 35.5 Å². The van der Waals surface area contributed by atoms with Gasteiger partial charge in [0.05, 0.1) is 10.6 Å². The first-order chi connectivity index (χ1) is 13.5. The number of aromatic nitrogens is 2. The molecule has 0 saturated carbocycles. The third kappa shape index (κ3) is 4.00. The summed E-state index contributed by atoms with van der Waals surface area (Å²) in [6.45, 7) is 4.68. The number of thioether (sulfide) groups is 1. The molecule has 1 aliphatic rings. The van der Waals surface area contributed by atoms with Gasteiger partial charge in [0.15, 0.2) is 5.16 Å². The van der Waals surface area contributed by atoms with Crippen LogP contribution in [0.1, 0.15) is 36.3 Å².